The maximum atomic E-state index is 13.3. The first-order chi connectivity index (χ1) is 14.1. The molecule has 3 heterocycles. The van der Waals surface area contributed by atoms with Crippen molar-refractivity contribution in [3.05, 3.63) is 93.4 Å². The number of hydrogen-bond donors (Lipinski definition) is 2. The van der Waals surface area contributed by atoms with Crippen molar-refractivity contribution in [2.24, 2.45) is 0 Å². The highest BCUT2D eigenvalue weighted by Crippen LogP contribution is 2.32. The van der Waals surface area contributed by atoms with E-state index in [1.807, 2.05) is 24.3 Å². The molecule has 0 saturated carbocycles. The van der Waals surface area contributed by atoms with Crippen molar-refractivity contribution < 1.29 is 9.52 Å². The summed E-state index contributed by atoms with van der Waals surface area (Å²) in [5.41, 5.74) is 3.78. The Kier molecular flexibility index (Phi) is 4.11. The summed E-state index contributed by atoms with van der Waals surface area (Å²) in [6.45, 7) is 0. The minimum Gasteiger partial charge on any atom is -0.508 e. The van der Waals surface area contributed by atoms with Crippen LogP contribution < -0.4 is 5.43 Å². The van der Waals surface area contributed by atoms with Gasteiger partial charge in [0.05, 0.1) is 27.9 Å². The second-order valence-corrected chi connectivity index (χ2v) is 7.25. The summed E-state index contributed by atoms with van der Waals surface area (Å²) in [5, 5.41) is 11.0. The van der Waals surface area contributed by atoms with Gasteiger partial charge in [0.25, 0.3) is 0 Å². The molecule has 0 amide bonds. The largest absolute Gasteiger partial charge is 0.508 e. The zero-order chi connectivity index (χ0) is 20.0. The van der Waals surface area contributed by atoms with E-state index in [-0.39, 0.29) is 11.2 Å². The van der Waals surface area contributed by atoms with Crippen molar-refractivity contribution in [3.63, 3.8) is 0 Å². The van der Waals surface area contributed by atoms with Crippen molar-refractivity contribution in [1.82, 2.24) is 9.97 Å². The van der Waals surface area contributed by atoms with Crippen molar-refractivity contribution >= 4 is 33.5 Å². The number of pyridine rings is 1. The number of phenolic OH excluding ortho intramolecular Hbond substituents is 1. The van der Waals surface area contributed by atoms with Gasteiger partial charge >= 0.3 is 0 Å². The first-order valence-corrected chi connectivity index (χ1v) is 9.44. The van der Waals surface area contributed by atoms with E-state index >= 15 is 0 Å². The number of fused-ring (bicyclic) bond motifs is 2. The van der Waals surface area contributed by atoms with Crippen molar-refractivity contribution in [1.29, 1.82) is 0 Å². The highest BCUT2D eigenvalue weighted by atomic mass is 35.5. The zero-order valence-corrected chi connectivity index (χ0v) is 15.9. The molecule has 0 saturated heterocycles. The molecule has 2 aromatic carbocycles. The highest BCUT2D eigenvalue weighted by molar-refractivity contribution is 6.30. The summed E-state index contributed by atoms with van der Waals surface area (Å²) in [7, 11) is 0. The maximum absolute atomic E-state index is 13.3. The third-order valence-corrected chi connectivity index (χ3v) is 5.13. The van der Waals surface area contributed by atoms with Gasteiger partial charge in [0.2, 0.25) is 5.43 Å². The predicted octanol–water partition coefficient (Wildman–Crippen LogP) is 5.29. The van der Waals surface area contributed by atoms with Gasteiger partial charge in [-0.2, -0.15) is 0 Å². The molecule has 0 aliphatic rings. The number of aromatic amines is 1. The number of phenols is 1. The lowest BCUT2D eigenvalue weighted by Gasteiger charge is -2.02. The molecular weight excluding hydrogens is 388 g/mol. The molecule has 0 fully saturated rings. The highest BCUT2D eigenvalue weighted by Gasteiger charge is 2.20. The van der Waals surface area contributed by atoms with Gasteiger partial charge in [0, 0.05) is 17.6 Å². The molecule has 3 aromatic heterocycles. The van der Waals surface area contributed by atoms with E-state index in [1.54, 1.807) is 42.6 Å². The Bertz CT molecular complexity index is 1420. The Balaban J connectivity index is 1.80. The molecule has 0 radical (unpaired) electrons. The lowest BCUT2D eigenvalue weighted by Crippen LogP contribution is -2.02. The summed E-state index contributed by atoms with van der Waals surface area (Å²) < 4.78 is 6.15. The molecule has 6 heteroatoms. The van der Waals surface area contributed by atoms with E-state index in [0.29, 0.717) is 44.8 Å². The number of para-hydroxylation sites is 1. The van der Waals surface area contributed by atoms with Crippen LogP contribution in [-0.4, -0.2) is 15.1 Å². The molecule has 0 bridgehead atoms. The number of nitrogens with zero attached hydrogens (tertiary/aromatic N) is 1. The molecule has 0 spiro atoms. The Morgan fingerprint density at radius 1 is 1.07 bits per heavy atom. The quantitative estimate of drug-likeness (QED) is 0.430. The van der Waals surface area contributed by atoms with Gasteiger partial charge < -0.3 is 14.5 Å². The maximum Gasteiger partial charge on any atom is 0.202 e. The molecule has 2 N–H and O–H groups in total. The SMILES string of the molecule is O=c1c2ccccc2oc2c(Cc3ccc(O)cc3)[nH]c(-c3cc(Cl)ccn3)c12. The van der Waals surface area contributed by atoms with E-state index in [1.165, 1.54) is 0 Å². The fraction of sp³-hybridized carbons (Fsp3) is 0.0435. The zero-order valence-electron chi connectivity index (χ0n) is 15.1. The average Bonchev–Trinajstić information content (AvgIpc) is 3.08. The molecule has 29 heavy (non-hydrogen) atoms. The normalized spacial score (nSPS) is 11.3. The molecule has 0 atom stereocenters. The monoisotopic (exact) mass is 402 g/mol. The van der Waals surface area contributed by atoms with E-state index in [2.05, 4.69) is 9.97 Å². The fourth-order valence-electron chi connectivity index (χ4n) is 3.53. The number of H-pyrrole nitrogens is 1. The minimum atomic E-state index is -0.119. The number of aromatic nitrogens is 2. The van der Waals surface area contributed by atoms with Gasteiger partial charge in [-0.1, -0.05) is 35.9 Å². The number of benzene rings is 2. The summed E-state index contributed by atoms with van der Waals surface area (Å²) in [4.78, 5) is 21.0. The van der Waals surface area contributed by atoms with E-state index in [0.717, 1.165) is 11.3 Å². The van der Waals surface area contributed by atoms with Gasteiger partial charge in [0.1, 0.15) is 11.3 Å². The van der Waals surface area contributed by atoms with E-state index in [4.69, 9.17) is 16.0 Å². The molecule has 5 rings (SSSR count). The Morgan fingerprint density at radius 3 is 2.66 bits per heavy atom. The van der Waals surface area contributed by atoms with Crippen LogP contribution in [0.25, 0.3) is 33.3 Å². The van der Waals surface area contributed by atoms with E-state index in [9.17, 15) is 9.90 Å². The van der Waals surface area contributed by atoms with Crippen LogP contribution in [0, 0.1) is 0 Å². The fourth-order valence-corrected chi connectivity index (χ4v) is 3.69. The molecule has 0 aliphatic carbocycles. The number of halogens is 1. The van der Waals surface area contributed by atoms with Crippen LogP contribution in [0.4, 0.5) is 0 Å². The minimum absolute atomic E-state index is 0.119. The lowest BCUT2D eigenvalue weighted by molar-refractivity contribution is 0.475. The van der Waals surface area contributed by atoms with Crippen LogP contribution in [0.3, 0.4) is 0 Å². The standard InChI is InChI=1S/C23H15ClN2O3/c24-14-9-10-25-17(12-14)21-20-22(28)16-3-1-2-4-19(16)29-23(20)18(26-21)11-13-5-7-15(27)8-6-13/h1-10,12,26-27H,11H2. The van der Waals surface area contributed by atoms with Crippen LogP contribution in [0.15, 0.2) is 76.1 Å². The summed E-state index contributed by atoms with van der Waals surface area (Å²) in [6, 6.07) is 17.5. The summed E-state index contributed by atoms with van der Waals surface area (Å²) in [5.74, 6) is 0.200. The smallest absolute Gasteiger partial charge is 0.202 e. The molecule has 5 nitrogen and oxygen atoms in total. The second-order valence-electron chi connectivity index (χ2n) is 6.81. The van der Waals surface area contributed by atoms with Crippen LogP contribution >= 0.6 is 11.6 Å². The van der Waals surface area contributed by atoms with Crippen molar-refractivity contribution in [2.75, 3.05) is 0 Å². The molecule has 0 unspecified atom stereocenters. The Hall–Kier alpha value is -3.57. The predicted molar refractivity (Wildman–Crippen MR) is 113 cm³/mol. The molecular formula is C23H15ClN2O3. The summed E-state index contributed by atoms with van der Waals surface area (Å²) >= 11 is 6.15. The Labute approximate surface area is 170 Å². The topological polar surface area (TPSA) is 79.1 Å². The van der Waals surface area contributed by atoms with Gasteiger partial charge in [-0.3, -0.25) is 9.78 Å². The van der Waals surface area contributed by atoms with Gasteiger partial charge in [-0.25, -0.2) is 0 Å². The number of rotatable bonds is 3. The third-order valence-electron chi connectivity index (χ3n) is 4.89. The second kappa shape index (κ2) is 6.79. The number of hydrogen-bond acceptors (Lipinski definition) is 4. The van der Waals surface area contributed by atoms with E-state index < -0.39 is 0 Å². The number of nitrogens with one attached hydrogen (secondary N) is 1. The van der Waals surface area contributed by atoms with Crippen LogP contribution in [0.5, 0.6) is 5.75 Å². The third kappa shape index (κ3) is 3.05. The van der Waals surface area contributed by atoms with Crippen molar-refractivity contribution in [2.45, 2.75) is 6.42 Å². The Morgan fingerprint density at radius 2 is 1.86 bits per heavy atom. The summed E-state index contributed by atoms with van der Waals surface area (Å²) in [6.07, 6.45) is 2.10. The first kappa shape index (κ1) is 17.5. The molecule has 0 aliphatic heterocycles. The lowest BCUT2D eigenvalue weighted by atomic mass is 10.1. The van der Waals surface area contributed by atoms with Gasteiger partial charge in [-0.05, 0) is 42.0 Å². The number of aromatic hydroxyl groups is 1. The van der Waals surface area contributed by atoms with Crippen LogP contribution in [-0.2, 0) is 6.42 Å². The van der Waals surface area contributed by atoms with Crippen LogP contribution in [0.1, 0.15) is 11.3 Å². The van der Waals surface area contributed by atoms with Gasteiger partial charge in [-0.15, -0.1) is 0 Å². The molecule has 142 valence electrons. The van der Waals surface area contributed by atoms with Gasteiger partial charge in [0.15, 0.2) is 5.58 Å². The van der Waals surface area contributed by atoms with Crippen molar-refractivity contribution in [3.8, 4) is 17.1 Å². The first-order valence-electron chi connectivity index (χ1n) is 9.06. The molecule has 5 aromatic rings. The average molecular weight is 403 g/mol. The van der Waals surface area contributed by atoms with Crippen LogP contribution in [0.2, 0.25) is 5.02 Å².